The summed E-state index contributed by atoms with van der Waals surface area (Å²) in [6, 6.07) is 13.6. The van der Waals surface area contributed by atoms with Gasteiger partial charge in [0.1, 0.15) is 11.7 Å². The summed E-state index contributed by atoms with van der Waals surface area (Å²) < 4.78 is 11.7. The number of para-hydroxylation sites is 1. The first-order valence-corrected chi connectivity index (χ1v) is 11.0. The van der Waals surface area contributed by atoms with Crippen LogP contribution in [0.4, 0.5) is 5.69 Å². The molecule has 2 aliphatic heterocycles. The van der Waals surface area contributed by atoms with E-state index in [4.69, 9.17) is 21.7 Å². The van der Waals surface area contributed by atoms with Crippen molar-refractivity contribution in [2.75, 3.05) is 25.6 Å². The fourth-order valence-electron chi connectivity index (χ4n) is 4.65. The van der Waals surface area contributed by atoms with Crippen molar-refractivity contribution in [1.82, 2.24) is 10.2 Å². The van der Waals surface area contributed by atoms with Crippen LogP contribution in [0.5, 0.6) is 5.75 Å². The molecule has 2 bridgehead atoms. The van der Waals surface area contributed by atoms with Gasteiger partial charge < -0.3 is 25.0 Å². The number of carbonyl (C=O) groups excluding carboxylic acids is 1. The van der Waals surface area contributed by atoms with E-state index >= 15 is 0 Å². The molecule has 1 fully saturated rings. The van der Waals surface area contributed by atoms with Crippen LogP contribution in [0.25, 0.3) is 0 Å². The van der Waals surface area contributed by atoms with Crippen LogP contribution in [0.1, 0.15) is 36.1 Å². The van der Waals surface area contributed by atoms with Crippen molar-refractivity contribution in [2.24, 2.45) is 5.92 Å². The number of hydrogen-bond donors (Lipinski definition) is 2. The number of aryl methyl sites for hydroxylation is 2. The van der Waals surface area contributed by atoms with Crippen LogP contribution in [0, 0.1) is 19.8 Å². The lowest BCUT2D eigenvalue weighted by Gasteiger charge is -2.56. The lowest BCUT2D eigenvalue weighted by Crippen LogP contribution is -2.71. The second-order valence-electron chi connectivity index (χ2n) is 8.40. The Labute approximate surface area is 188 Å². The van der Waals surface area contributed by atoms with Gasteiger partial charge in [-0.05, 0) is 57.1 Å². The van der Waals surface area contributed by atoms with Crippen LogP contribution < -0.4 is 15.4 Å². The Kier molecular flexibility index (Phi) is 5.90. The molecule has 2 aliphatic rings. The minimum atomic E-state index is -0.919. The summed E-state index contributed by atoms with van der Waals surface area (Å²) in [7, 11) is 1.68. The van der Waals surface area contributed by atoms with Gasteiger partial charge in [0, 0.05) is 31.5 Å². The predicted octanol–water partition coefficient (Wildman–Crippen LogP) is 3.93. The molecule has 2 heterocycles. The number of carbonyl (C=O) groups is 1. The number of rotatable bonds is 6. The smallest absolute Gasteiger partial charge is 0.236 e. The van der Waals surface area contributed by atoms with E-state index < -0.39 is 11.6 Å². The van der Waals surface area contributed by atoms with Gasteiger partial charge in [-0.2, -0.15) is 0 Å². The lowest BCUT2D eigenvalue weighted by molar-refractivity contribution is -0.149. The molecule has 2 aromatic carbocycles. The van der Waals surface area contributed by atoms with Crippen LogP contribution >= 0.6 is 12.2 Å². The molecule has 2 aromatic rings. The highest BCUT2D eigenvalue weighted by Gasteiger charge is 2.58. The number of fused-ring (bicyclic) bond motifs is 4. The second kappa shape index (κ2) is 8.48. The maximum atomic E-state index is 13.7. The Hall–Kier alpha value is -2.64. The summed E-state index contributed by atoms with van der Waals surface area (Å²) in [6.45, 7) is 7.23. The molecule has 3 unspecified atom stereocenters. The fourth-order valence-corrected chi connectivity index (χ4v) is 5.05. The molecule has 0 aliphatic carbocycles. The molecule has 4 rings (SSSR count). The van der Waals surface area contributed by atoms with E-state index in [0.717, 1.165) is 34.5 Å². The zero-order valence-electron chi connectivity index (χ0n) is 18.4. The molecule has 7 heteroatoms. The number of amides is 1. The van der Waals surface area contributed by atoms with Gasteiger partial charge in [-0.1, -0.05) is 35.9 Å². The van der Waals surface area contributed by atoms with Gasteiger partial charge in [0.05, 0.1) is 6.04 Å². The topological polar surface area (TPSA) is 62.8 Å². The molecule has 31 heavy (non-hydrogen) atoms. The highest BCUT2D eigenvalue weighted by molar-refractivity contribution is 7.80. The minimum Gasteiger partial charge on any atom is -0.467 e. The summed E-state index contributed by atoms with van der Waals surface area (Å²) in [6.07, 6.45) is 0.773. The maximum absolute atomic E-state index is 13.7. The number of thiocarbonyl (C=S) groups is 1. The first-order chi connectivity index (χ1) is 14.8. The highest BCUT2D eigenvalue weighted by Crippen LogP contribution is 2.48. The van der Waals surface area contributed by atoms with Crippen molar-refractivity contribution in [3.05, 3.63) is 59.2 Å². The van der Waals surface area contributed by atoms with Crippen LogP contribution in [-0.4, -0.2) is 41.9 Å². The van der Waals surface area contributed by atoms with Gasteiger partial charge in [-0.3, -0.25) is 4.79 Å². The lowest BCUT2D eigenvalue weighted by atomic mass is 9.78. The molecular formula is C24H29N3O3S. The third-order valence-electron chi connectivity index (χ3n) is 6.19. The normalized spacial score (nSPS) is 24.1. The number of ether oxygens (including phenoxy) is 2. The van der Waals surface area contributed by atoms with Gasteiger partial charge in [-0.25, -0.2) is 0 Å². The Bertz CT molecular complexity index is 1010. The molecule has 6 nitrogen and oxygen atoms in total. The Balaban J connectivity index is 1.72. The summed E-state index contributed by atoms with van der Waals surface area (Å²) in [5.41, 5.74) is 3.02. The second-order valence-corrected chi connectivity index (χ2v) is 8.79. The molecule has 1 saturated heterocycles. The quantitative estimate of drug-likeness (QED) is 0.525. The number of nitrogens with one attached hydrogen (secondary N) is 2. The third-order valence-corrected chi connectivity index (χ3v) is 6.53. The van der Waals surface area contributed by atoms with Crippen LogP contribution in [0.15, 0.2) is 42.5 Å². The number of benzene rings is 2. The van der Waals surface area contributed by atoms with Crippen molar-refractivity contribution in [2.45, 2.75) is 39.0 Å². The monoisotopic (exact) mass is 439 g/mol. The summed E-state index contributed by atoms with van der Waals surface area (Å²) in [5, 5.41) is 7.15. The zero-order valence-corrected chi connectivity index (χ0v) is 19.2. The van der Waals surface area contributed by atoms with Gasteiger partial charge in [0.15, 0.2) is 10.8 Å². The van der Waals surface area contributed by atoms with Crippen molar-refractivity contribution in [3.8, 4) is 5.75 Å². The molecule has 0 radical (unpaired) electrons. The summed E-state index contributed by atoms with van der Waals surface area (Å²) in [4.78, 5) is 15.7. The van der Waals surface area contributed by atoms with Crippen LogP contribution in [0.2, 0.25) is 0 Å². The summed E-state index contributed by atoms with van der Waals surface area (Å²) in [5.74, 6) is 0.176. The molecular weight excluding hydrogens is 410 g/mol. The van der Waals surface area contributed by atoms with Crippen molar-refractivity contribution in [1.29, 1.82) is 0 Å². The van der Waals surface area contributed by atoms with E-state index in [1.165, 1.54) is 0 Å². The van der Waals surface area contributed by atoms with Gasteiger partial charge in [0.2, 0.25) is 5.91 Å². The first kappa shape index (κ1) is 21.6. The molecule has 1 amide bonds. The first-order valence-electron chi connectivity index (χ1n) is 10.6. The van der Waals surface area contributed by atoms with E-state index in [-0.39, 0.29) is 11.9 Å². The van der Waals surface area contributed by atoms with Crippen molar-refractivity contribution in [3.63, 3.8) is 0 Å². The Morgan fingerprint density at radius 2 is 2.06 bits per heavy atom. The van der Waals surface area contributed by atoms with Gasteiger partial charge in [-0.15, -0.1) is 0 Å². The predicted molar refractivity (Wildman–Crippen MR) is 125 cm³/mol. The highest BCUT2D eigenvalue weighted by atomic mass is 32.1. The molecule has 0 aromatic heterocycles. The van der Waals surface area contributed by atoms with Gasteiger partial charge in [0.25, 0.3) is 0 Å². The molecule has 3 atom stereocenters. The molecule has 0 spiro atoms. The number of hydrogen-bond acceptors (Lipinski definition) is 4. The fraction of sp³-hybridized carbons (Fsp3) is 0.417. The van der Waals surface area contributed by atoms with Gasteiger partial charge >= 0.3 is 0 Å². The number of nitrogens with zero attached hydrogens (tertiary/aromatic N) is 1. The van der Waals surface area contributed by atoms with E-state index in [1.807, 2.05) is 62.1 Å². The zero-order chi connectivity index (χ0) is 22.2. The standard InChI is InChI=1S/C24H29N3O3S/c1-15-10-11-18(16(2)14-15)25-22(28)20-21-17-8-5-6-9-19(17)30-24(20,3)27(23(31)26-21)12-7-13-29-4/h5-6,8-11,14,20-21H,7,12-13H2,1-4H3,(H,25,28)(H,26,31). The summed E-state index contributed by atoms with van der Waals surface area (Å²) >= 11 is 5.70. The van der Waals surface area contributed by atoms with E-state index in [1.54, 1.807) is 7.11 Å². The third kappa shape index (κ3) is 3.88. The van der Waals surface area contributed by atoms with E-state index in [2.05, 4.69) is 16.7 Å². The maximum Gasteiger partial charge on any atom is 0.236 e. The Morgan fingerprint density at radius 1 is 1.29 bits per heavy atom. The largest absolute Gasteiger partial charge is 0.467 e. The SMILES string of the molecule is COCCCN1C(=S)NC2c3ccccc3OC1(C)C2C(=O)Nc1ccc(C)cc1C. The van der Waals surface area contributed by atoms with Crippen LogP contribution in [0.3, 0.4) is 0 Å². The average Bonchev–Trinajstić information content (AvgIpc) is 2.72. The number of anilines is 1. The van der Waals surface area contributed by atoms with Crippen LogP contribution in [-0.2, 0) is 9.53 Å². The number of methoxy groups -OCH3 is 1. The minimum absolute atomic E-state index is 0.0966. The average molecular weight is 440 g/mol. The molecule has 0 saturated carbocycles. The molecule has 164 valence electrons. The van der Waals surface area contributed by atoms with E-state index in [0.29, 0.717) is 18.3 Å². The van der Waals surface area contributed by atoms with E-state index in [9.17, 15) is 4.79 Å². The molecule has 2 N–H and O–H groups in total. The Morgan fingerprint density at radius 3 is 2.81 bits per heavy atom. The van der Waals surface area contributed by atoms with Crippen molar-refractivity contribution >= 4 is 28.9 Å². The van der Waals surface area contributed by atoms with Crippen molar-refractivity contribution < 1.29 is 14.3 Å².